The molecule has 1 heterocycles. The quantitative estimate of drug-likeness (QED) is 0.274. The summed E-state index contributed by atoms with van der Waals surface area (Å²) in [5.41, 5.74) is 16.8. The molecule has 7 nitrogen and oxygen atoms in total. The zero-order valence-electron chi connectivity index (χ0n) is 21.2. The van der Waals surface area contributed by atoms with Crippen molar-refractivity contribution in [1.82, 2.24) is 15.5 Å². The highest BCUT2D eigenvalue weighted by Gasteiger charge is 2.28. The predicted octanol–water partition coefficient (Wildman–Crippen LogP) is 4.99. The van der Waals surface area contributed by atoms with E-state index in [1.54, 1.807) is 7.11 Å². The number of anilines is 1. The summed E-state index contributed by atoms with van der Waals surface area (Å²) in [5, 5.41) is 11.4. The van der Waals surface area contributed by atoms with Crippen LogP contribution in [0, 0.1) is 11.8 Å². The zero-order valence-corrected chi connectivity index (χ0v) is 21.2. The minimum absolute atomic E-state index is 0.0343. The number of nitrogen functional groups attached to an aromatic ring is 1. The van der Waals surface area contributed by atoms with Gasteiger partial charge in [0.2, 0.25) is 5.91 Å². The number of nitrogens with two attached hydrogens (primary N) is 2. The number of aromatic nitrogens is 2. The average molecular weight is 498 g/mol. The number of benzene rings is 3. The highest BCUT2D eigenvalue weighted by Crippen LogP contribution is 2.36. The Morgan fingerprint density at radius 3 is 2.59 bits per heavy atom. The van der Waals surface area contributed by atoms with Crippen LogP contribution in [0.1, 0.15) is 42.9 Å². The van der Waals surface area contributed by atoms with Crippen molar-refractivity contribution in [2.75, 3.05) is 19.4 Å². The maximum atomic E-state index is 13.4. The number of amides is 1. The topological polar surface area (TPSA) is 119 Å². The van der Waals surface area contributed by atoms with E-state index >= 15 is 0 Å². The molecule has 37 heavy (non-hydrogen) atoms. The van der Waals surface area contributed by atoms with E-state index in [0.29, 0.717) is 24.7 Å². The van der Waals surface area contributed by atoms with Gasteiger partial charge in [0.1, 0.15) is 5.75 Å². The van der Waals surface area contributed by atoms with Gasteiger partial charge in [0.05, 0.1) is 18.7 Å². The number of fused-ring (bicyclic) bond motifs is 1. The Balaban J connectivity index is 1.47. The molecule has 1 aliphatic carbocycles. The molecule has 1 aliphatic rings. The first-order chi connectivity index (χ1) is 18.1. The molecule has 0 bridgehead atoms. The fraction of sp³-hybridized carbons (Fsp3) is 0.333. The lowest BCUT2D eigenvalue weighted by molar-refractivity contribution is -0.127. The van der Waals surface area contributed by atoms with Crippen LogP contribution in [0.3, 0.4) is 0 Å². The number of aromatic amines is 1. The molecular weight excluding hydrogens is 462 g/mol. The smallest absolute Gasteiger partial charge is 0.223 e. The van der Waals surface area contributed by atoms with Gasteiger partial charge in [0.25, 0.3) is 0 Å². The fourth-order valence-electron chi connectivity index (χ4n) is 5.43. The van der Waals surface area contributed by atoms with Crippen molar-refractivity contribution in [3.05, 3.63) is 77.9 Å². The largest absolute Gasteiger partial charge is 0.496 e. The predicted molar refractivity (Wildman–Crippen MR) is 148 cm³/mol. The summed E-state index contributed by atoms with van der Waals surface area (Å²) >= 11 is 0. The van der Waals surface area contributed by atoms with Crippen molar-refractivity contribution in [2.45, 2.75) is 38.1 Å². The lowest BCUT2D eigenvalue weighted by atomic mass is 9.81. The highest BCUT2D eigenvalue weighted by molar-refractivity contribution is 5.92. The summed E-state index contributed by atoms with van der Waals surface area (Å²) in [6, 6.07) is 22.3. The number of nitrogens with zero attached hydrogens (tertiary/aromatic N) is 1. The third kappa shape index (κ3) is 5.47. The van der Waals surface area contributed by atoms with E-state index in [0.717, 1.165) is 59.0 Å². The number of hydrogen-bond acceptors (Lipinski definition) is 5. The standard InChI is InChI=1S/C30H35N5O2/c1-37-28-14-12-23(16-25(28)22-11-13-24-27(17-22)34-35-29(24)32)26(15-19-5-3-2-4-6-19)33-30(36)21-9-7-20(18-31)8-10-21/h2-6,11-14,16-17,20-21,26H,7-10,15,18,31H2,1H3,(H,33,36)(H3,32,34,35)/t20-,21-,26?. The van der Waals surface area contributed by atoms with Gasteiger partial charge in [-0.05, 0) is 85.5 Å². The van der Waals surface area contributed by atoms with Crippen molar-refractivity contribution < 1.29 is 9.53 Å². The van der Waals surface area contributed by atoms with E-state index < -0.39 is 0 Å². The van der Waals surface area contributed by atoms with Crippen molar-refractivity contribution in [3.8, 4) is 16.9 Å². The molecule has 1 aromatic heterocycles. The van der Waals surface area contributed by atoms with E-state index in [9.17, 15) is 4.79 Å². The Labute approximate surface area is 217 Å². The van der Waals surface area contributed by atoms with Crippen LogP contribution in [0.15, 0.2) is 66.7 Å². The lowest BCUT2D eigenvalue weighted by Gasteiger charge is -2.29. The van der Waals surface area contributed by atoms with Gasteiger partial charge in [0, 0.05) is 16.9 Å². The summed E-state index contributed by atoms with van der Waals surface area (Å²) in [5.74, 6) is 1.94. The molecule has 0 aliphatic heterocycles. The van der Waals surface area contributed by atoms with Crippen LogP contribution in [0.5, 0.6) is 5.75 Å². The van der Waals surface area contributed by atoms with E-state index in [1.807, 2.05) is 48.5 Å². The molecule has 1 unspecified atom stereocenters. The average Bonchev–Trinajstić information content (AvgIpc) is 3.32. The molecule has 3 aromatic carbocycles. The van der Waals surface area contributed by atoms with Gasteiger partial charge in [-0.15, -0.1) is 0 Å². The molecule has 192 valence electrons. The molecule has 4 aromatic rings. The Bertz CT molecular complexity index is 1360. The second-order valence-corrected chi connectivity index (χ2v) is 10.0. The van der Waals surface area contributed by atoms with Gasteiger partial charge in [-0.1, -0.05) is 42.5 Å². The third-order valence-electron chi connectivity index (χ3n) is 7.68. The molecule has 1 amide bonds. The van der Waals surface area contributed by atoms with Gasteiger partial charge in [0.15, 0.2) is 5.82 Å². The summed E-state index contributed by atoms with van der Waals surface area (Å²) < 4.78 is 5.72. The minimum Gasteiger partial charge on any atom is -0.496 e. The van der Waals surface area contributed by atoms with Gasteiger partial charge in [-0.25, -0.2) is 0 Å². The fourth-order valence-corrected chi connectivity index (χ4v) is 5.43. The zero-order chi connectivity index (χ0) is 25.8. The number of rotatable bonds is 8. The van der Waals surface area contributed by atoms with Gasteiger partial charge < -0.3 is 21.5 Å². The minimum atomic E-state index is -0.168. The molecule has 5 rings (SSSR count). The first-order valence-corrected chi connectivity index (χ1v) is 13.0. The maximum absolute atomic E-state index is 13.4. The molecular formula is C30H35N5O2. The number of hydrogen-bond donors (Lipinski definition) is 4. The van der Waals surface area contributed by atoms with E-state index in [4.69, 9.17) is 16.2 Å². The molecule has 7 heteroatoms. The lowest BCUT2D eigenvalue weighted by Crippen LogP contribution is -2.37. The molecule has 0 spiro atoms. The number of carbonyl (C=O) groups is 1. The van der Waals surface area contributed by atoms with Gasteiger partial charge >= 0.3 is 0 Å². The number of methoxy groups -OCH3 is 1. The second-order valence-electron chi connectivity index (χ2n) is 10.0. The molecule has 6 N–H and O–H groups in total. The Hall–Kier alpha value is -3.84. The molecule has 1 saturated carbocycles. The van der Waals surface area contributed by atoms with Gasteiger partial charge in [-0.2, -0.15) is 5.10 Å². The maximum Gasteiger partial charge on any atom is 0.223 e. The van der Waals surface area contributed by atoms with Crippen molar-refractivity contribution in [3.63, 3.8) is 0 Å². The Morgan fingerprint density at radius 2 is 1.86 bits per heavy atom. The van der Waals surface area contributed by atoms with Crippen LogP contribution in [0.4, 0.5) is 5.82 Å². The monoisotopic (exact) mass is 497 g/mol. The number of carbonyl (C=O) groups excluding carboxylic acids is 1. The van der Waals surface area contributed by atoms with Crippen molar-refractivity contribution >= 4 is 22.6 Å². The molecule has 1 fully saturated rings. The van der Waals surface area contributed by atoms with E-state index in [1.165, 1.54) is 5.56 Å². The molecule has 0 saturated heterocycles. The summed E-state index contributed by atoms with van der Waals surface area (Å²) in [4.78, 5) is 13.4. The summed E-state index contributed by atoms with van der Waals surface area (Å²) in [6.07, 6.45) is 4.53. The second kappa shape index (κ2) is 11.0. The first-order valence-electron chi connectivity index (χ1n) is 13.0. The van der Waals surface area contributed by atoms with Crippen LogP contribution in [0.2, 0.25) is 0 Å². The molecule has 1 atom stereocenters. The van der Waals surface area contributed by atoms with Crippen molar-refractivity contribution in [2.24, 2.45) is 17.6 Å². The SMILES string of the molecule is COc1ccc(C(Cc2ccccc2)NC(=O)[C@H]2CC[C@H](CN)CC2)cc1-c1ccc2c(N)n[nH]c2c1. The summed E-state index contributed by atoms with van der Waals surface area (Å²) in [7, 11) is 1.67. The Morgan fingerprint density at radius 1 is 1.08 bits per heavy atom. The van der Waals surface area contributed by atoms with Crippen LogP contribution >= 0.6 is 0 Å². The first kappa shape index (κ1) is 24.8. The molecule has 0 radical (unpaired) electrons. The van der Waals surface area contributed by atoms with E-state index in [-0.39, 0.29) is 17.9 Å². The summed E-state index contributed by atoms with van der Waals surface area (Å²) in [6.45, 7) is 0.705. The third-order valence-corrected chi connectivity index (χ3v) is 7.68. The van der Waals surface area contributed by atoms with Crippen LogP contribution in [0.25, 0.3) is 22.0 Å². The normalized spacial score (nSPS) is 18.4. The Kier molecular flexibility index (Phi) is 7.42. The van der Waals surface area contributed by atoms with Gasteiger partial charge in [-0.3, -0.25) is 9.89 Å². The number of nitrogens with one attached hydrogen (secondary N) is 2. The van der Waals surface area contributed by atoms with Crippen LogP contribution < -0.4 is 21.5 Å². The van der Waals surface area contributed by atoms with Crippen molar-refractivity contribution in [1.29, 1.82) is 0 Å². The van der Waals surface area contributed by atoms with Crippen LogP contribution in [-0.4, -0.2) is 29.8 Å². The van der Waals surface area contributed by atoms with Crippen LogP contribution in [-0.2, 0) is 11.2 Å². The van der Waals surface area contributed by atoms with E-state index in [2.05, 4.69) is 33.7 Å². The highest BCUT2D eigenvalue weighted by atomic mass is 16.5. The number of H-pyrrole nitrogens is 1. The number of ether oxygens (including phenoxy) is 1.